The lowest BCUT2D eigenvalue weighted by Crippen LogP contribution is -2.04. The summed E-state index contributed by atoms with van der Waals surface area (Å²) in [6.07, 6.45) is 2.74. The van der Waals surface area contributed by atoms with Gasteiger partial charge in [-0.1, -0.05) is 25.1 Å². The second-order valence-corrected chi connectivity index (χ2v) is 4.59. The van der Waals surface area contributed by atoms with Crippen molar-refractivity contribution in [1.82, 2.24) is 14.5 Å². The number of aromatic nitrogens is 3. The lowest BCUT2D eigenvalue weighted by molar-refractivity contribution is 1.02. The molecule has 0 spiro atoms. The molecule has 0 atom stereocenters. The Hall–Kier alpha value is -2.36. The highest BCUT2D eigenvalue weighted by molar-refractivity contribution is 5.80. The highest BCUT2D eigenvalue weighted by atomic mass is 15.2. The number of hydrogen-bond donors (Lipinski definition) is 1. The SMILES string of the molecule is CCc1ccccc1-n1c(N)nc2c(C)ccnc21. The Balaban J connectivity index is 2.37. The Labute approximate surface area is 111 Å². The van der Waals surface area contributed by atoms with Crippen LogP contribution in [0.2, 0.25) is 0 Å². The Morgan fingerprint density at radius 3 is 2.79 bits per heavy atom. The molecule has 0 unspecified atom stereocenters. The molecule has 0 saturated heterocycles. The summed E-state index contributed by atoms with van der Waals surface area (Å²) >= 11 is 0. The van der Waals surface area contributed by atoms with Crippen molar-refractivity contribution in [1.29, 1.82) is 0 Å². The van der Waals surface area contributed by atoms with Crippen molar-refractivity contribution in [3.05, 3.63) is 47.7 Å². The minimum absolute atomic E-state index is 0.484. The van der Waals surface area contributed by atoms with Crippen molar-refractivity contribution in [2.75, 3.05) is 5.73 Å². The Bertz CT molecular complexity index is 743. The van der Waals surface area contributed by atoms with Gasteiger partial charge in [0, 0.05) is 6.20 Å². The third kappa shape index (κ3) is 1.76. The molecule has 0 saturated carbocycles. The van der Waals surface area contributed by atoms with Crippen LogP contribution in [-0.4, -0.2) is 14.5 Å². The van der Waals surface area contributed by atoms with Crippen LogP contribution >= 0.6 is 0 Å². The lowest BCUT2D eigenvalue weighted by atomic mass is 10.1. The van der Waals surface area contributed by atoms with E-state index in [1.807, 2.05) is 29.7 Å². The summed E-state index contributed by atoms with van der Waals surface area (Å²) in [6.45, 7) is 4.15. The number of para-hydroxylation sites is 1. The second kappa shape index (κ2) is 4.39. The number of nitrogens with zero attached hydrogens (tertiary/aromatic N) is 3. The van der Waals surface area contributed by atoms with Gasteiger partial charge in [0.2, 0.25) is 5.95 Å². The largest absolute Gasteiger partial charge is 0.369 e. The van der Waals surface area contributed by atoms with Gasteiger partial charge in [-0.3, -0.25) is 4.57 Å². The predicted octanol–water partition coefficient (Wildman–Crippen LogP) is 2.87. The molecule has 0 fully saturated rings. The average molecular weight is 252 g/mol. The van der Waals surface area contributed by atoms with Gasteiger partial charge in [-0.25, -0.2) is 9.97 Å². The summed E-state index contributed by atoms with van der Waals surface area (Å²) in [4.78, 5) is 8.88. The number of benzene rings is 1. The van der Waals surface area contributed by atoms with E-state index in [1.165, 1.54) is 5.56 Å². The van der Waals surface area contributed by atoms with Crippen LogP contribution in [0, 0.1) is 6.92 Å². The fraction of sp³-hybridized carbons (Fsp3) is 0.200. The van der Waals surface area contributed by atoms with E-state index in [-0.39, 0.29) is 0 Å². The van der Waals surface area contributed by atoms with E-state index < -0.39 is 0 Å². The summed E-state index contributed by atoms with van der Waals surface area (Å²) in [5.74, 6) is 0.484. The quantitative estimate of drug-likeness (QED) is 0.763. The zero-order valence-corrected chi connectivity index (χ0v) is 11.1. The van der Waals surface area contributed by atoms with Crippen molar-refractivity contribution < 1.29 is 0 Å². The lowest BCUT2D eigenvalue weighted by Gasteiger charge is -2.10. The maximum atomic E-state index is 6.09. The maximum absolute atomic E-state index is 6.09. The Morgan fingerprint density at radius 2 is 2.00 bits per heavy atom. The van der Waals surface area contributed by atoms with E-state index in [1.54, 1.807) is 6.20 Å². The highest BCUT2D eigenvalue weighted by Gasteiger charge is 2.14. The van der Waals surface area contributed by atoms with Gasteiger partial charge in [-0.15, -0.1) is 0 Å². The number of fused-ring (bicyclic) bond motifs is 1. The smallest absolute Gasteiger partial charge is 0.207 e. The summed E-state index contributed by atoms with van der Waals surface area (Å²) in [5.41, 5.74) is 11.2. The molecule has 0 bridgehead atoms. The topological polar surface area (TPSA) is 56.7 Å². The van der Waals surface area contributed by atoms with Crippen molar-refractivity contribution in [3.63, 3.8) is 0 Å². The average Bonchev–Trinajstić information content (AvgIpc) is 2.76. The summed E-state index contributed by atoms with van der Waals surface area (Å²) in [7, 11) is 0. The van der Waals surface area contributed by atoms with Gasteiger partial charge in [0.15, 0.2) is 5.65 Å². The summed E-state index contributed by atoms with van der Waals surface area (Å²) in [6, 6.07) is 10.2. The first-order chi connectivity index (χ1) is 9.22. The number of pyridine rings is 1. The molecule has 3 rings (SSSR count). The molecule has 4 heteroatoms. The van der Waals surface area contributed by atoms with Crippen LogP contribution in [0.15, 0.2) is 36.5 Å². The van der Waals surface area contributed by atoms with Crippen molar-refractivity contribution in [2.24, 2.45) is 0 Å². The number of hydrogen-bond acceptors (Lipinski definition) is 3. The van der Waals surface area contributed by atoms with Gasteiger partial charge in [-0.2, -0.15) is 0 Å². The van der Waals surface area contributed by atoms with Gasteiger partial charge in [0.1, 0.15) is 5.52 Å². The molecule has 2 aromatic heterocycles. The van der Waals surface area contributed by atoms with Gasteiger partial charge in [0.05, 0.1) is 5.69 Å². The molecule has 2 N–H and O–H groups in total. The molecular formula is C15H16N4. The molecule has 0 radical (unpaired) electrons. The van der Waals surface area contributed by atoms with E-state index in [0.29, 0.717) is 5.95 Å². The number of nitrogen functional groups attached to an aromatic ring is 1. The van der Waals surface area contributed by atoms with E-state index in [4.69, 9.17) is 5.73 Å². The van der Waals surface area contributed by atoms with Crippen LogP contribution < -0.4 is 5.73 Å². The van der Waals surface area contributed by atoms with E-state index in [0.717, 1.165) is 28.8 Å². The standard InChI is InChI=1S/C15H16N4/c1-3-11-6-4-5-7-12(11)19-14-13(18-15(19)16)10(2)8-9-17-14/h4-9H,3H2,1-2H3,(H2,16,18). The van der Waals surface area contributed by atoms with Gasteiger partial charge in [0.25, 0.3) is 0 Å². The third-order valence-corrected chi connectivity index (χ3v) is 3.39. The zero-order valence-electron chi connectivity index (χ0n) is 11.1. The zero-order chi connectivity index (χ0) is 13.4. The minimum atomic E-state index is 0.484. The monoisotopic (exact) mass is 252 g/mol. The number of imidazole rings is 1. The van der Waals surface area contributed by atoms with Crippen molar-refractivity contribution >= 4 is 17.1 Å². The summed E-state index contributed by atoms with van der Waals surface area (Å²) < 4.78 is 1.93. The van der Waals surface area contributed by atoms with Gasteiger partial charge >= 0.3 is 0 Å². The molecule has 1 aromatic carbocycles. The first-order valence-corrected chi connectivity index (χ1v) is 6.40. The minimum Gasteiger partial charge on any atom is -0.369 e. The van der Waals surface area contributed by atoms with E-state index >= 15 is 0 Å². The van der Waals surface area contributed by atoms with Gasteiger partial charge in [-0.05, 0) is 36.6 Å². The molecular weight excluding hydrogens is 236 g/mol. The van der Waals surface area contributed by atoms with Crippen LogP contribution in [0.3, 0.4) is 0 Å². The van der Waals surface area contributed by atoms with Crippen LogP contribution in [0.5, 0.6) is 0 Å². The van der Waals surface area contributed by atoms with Crippen LogP contribution in [0.25, 0.3) is 16.9 Å². The first-order valence-electron chi connectivity index (χ1n) is 6.40. The molecule has 96 valence electrons. The van der Waals surface area contributed by atoms with Crippen molar-refractivity contribution in [3.8, 4) is 5.69 Å². The molecule has 0 amide bonds. The van der Waals surface area contributed by atoms with Crippen LogP contribution in [0.1, 0.15) is 18.1 Å². The molecule has 3 aromatic rings. The maximum Gasteiger partial charge on any atom is 0.207 e. The molecule has 2 heterocycles. The Morgan fingerprint density at radius 1 is 1.21 bits per heavy atom. The molecule has 19 heavy (non-hydrogen) atoms. The predicted molar refractivity (Wildman–Crippen MR) is 77.4 cm³/mol. The highest BCUT2D eigenvalue weighted by Crippen LogP contribution is 2.25. The number of nitrogens with two attached hydrogens (primary N) is 1. The number of rotatable bonds is 2. The first kappa shape index (κ1) is 11.7. The Kier molecular flexibility index (Phi) is 2.71. The van der Waals surface area contributed by atoms with E-state index in [9.17, 15) is 0 Å². The number of aryl methyl sites for hydroxylation is 2. The van der Waals surface area contributed by atoms with Crippen molar-refractivity contribution in [2.45, 2.75) is 20.3 Å². The fourth-order valence-electron chi connectivity index (χ4n) is 2.38. The van der Waals surface area contributed by atoms with E-state index in [2.05, 4.69) is 29.0 Å². The molecule has 0 aliphatic heterocycles. The summed E-state index contributed by atoms with van der Waals surface area (Å²) in [5, 5.41) is 0. The number of anilines is 1. The third-order valence-electron chi connectivity index (χ3n) is 3.39. The molecule has 0 aliphatic rings. The molecule has 0 aliphatic carbocycles. The fourth-order valence-corrected chi connectivity index (χ4v) is 2.38. The normalized spacial score (nSPS) is 11.1. The van der Waals surface area contributed by atoms with Gasteiger partial charge < -0.3 is 5.73 Å². The molecule has 4 nitrogen and oxygen atoms in total. The second-order valence-electron chi connectivity index (χ2n) is 4.59. The van der Waals surface area contributed by atoms with Crippen LogP contribution in [0.4, 0.5) is 5.95 Å². The van der Waals surface area contributed by atoms with Crippen LogP contribution in [-0.2, 0) is 6.42 Å².